The van der Waals surface area contributed by atoms with Crippen molar-refractivity contribution in [3.8, 4) is 11.1 Å². The Hall–Kier alpha value is -3.13. The van der Waals surface area contributed by atoms with Crippen molar-refractivity contribution < 1.29 is 19.8 Å². The van der Waals surface area contributed by atoms with E-state index in [1.807, 2.05) is 19.9 Å². The van der Waals surface area contributed by atoms with Crippen LogP contribution in [-0.4, -0.2) is 45.1 Å². The summed E-state index contributed by atoms with van der Waals surface area (Å²) in [6, 6.07) is 3.73. The van der Waals surface area contributed by atoms with Crippen LogP contribution in [0.25, 0.3) is 11.1 Å². The molecule has 160 valence electrons. The number of aromatic carboxylic acids is 2. The first-order valence-electron chi connectivity index (χ1n) is 9.95. The third-order valence-corrected chi connectivity index (χ3v) is 5.87. The summed E-state index contributed by atoms with van der Waals surface area (Å²) in [6.07, 6.45) is 2.24. The highest BCUT2D eigenvalue weighted by Gasteiger charge is 2.28. The maximum Gasteiger partial charge on any atom is 0.342 e. The van der Waals surface area contributed by atoms with Crippen LogP contribution in [-0.2, 0) is 6.54 Å². The van der Waals surface area contributed by atoms with Gasteiger partial charge in [-0.1, -0.05) is 24.6 Å². The fraction of sp³-hybridized carbons (Fsp3) is 0.409. The molecule has 1 aromatic heterocycles. The molecule has 8 heteroatoms. The first-order chi connectivity index (χ1) is 14.1. The molecule has 0 amide bonds. The summed E-state index contributed by atoms with van der Waals surface area (Å²) in [4.78, 5) is 40.7. The molecule has 1 fully saturated rings. The van der Waals surface area contributed by atoms with E-state index in [1.165, 1.54) is 0 Å². The second kappa shape index (κ2) is 8.31. The second-order valence-corrected chi connectivity index (χ2v) is 8.16. The number of nitrogens with two attached hydrogens (primary N) is 1. The van der Waals surface area contributed by atoms with Crippen molar-refractivity contribution in [3.05, 3.63) is 50.3 Å². The number of hydrogen-bond acceptors (Lipinski definition) is 5. The quantitative estimate of drug-likeness (QED) is 0.591. The van der Waals surface area contributed by atoms with Crippen LogP contribution in [0.15, 0.2) is 16.9 Å². The van der Waals surface area contributed by atoms with E-state index in [0.717, 1.165) is 42.6 Å². The molecule has 5 N–H and O–H groups in total. The number of piperidine rings is 1. The number of pyridine rings is 1. The summed E-state index contributed by atoms with van der Waals surface area (Å²) >= 11 is 0. The predicted molar refractivity (Wildman–Crippen MR) is 114 cm³/mol. The zero-order chi connectivity index (χ0) is 22.2. The van der Waals surface area contributed by atoms with Crippen LogP contribution in [0.4, 0.5) is 5.82 Å². The monoisotopic (exact) mass is 413 g/mol. The fourth-order valence-electron chi connectivity index (χ4n) is 4.13. The third kappa shape index (κ3) is 4.09. The van der Waals surface area contributed by atoms with E-state index in [4.69, 9.17) is 5.73 Å². The largest absolute Gasteiger partial charge is 0.478 e. The van der Waals surface area contributed by atoms with E-state index >= 15 is 0 Å². The number of aromatic nitrogens is 1. The number of hydrogen-bond donors (Lipinski definition) is 4. The van der Waals surface area contributed by atoms with Crippen LogP contribution in [0.1, 0.15) is 57.2 Å². The summed E-state index contributed by atoms with van der Waals surface area (Å²) in [5.74, 6) is -2.55. The molecule has 0 radical (unpaired) electrons. The van der Waals surface area contributed by atoms with Crippen LogP contribution >= 0.6 is 0 Å². The highest BCUT2D eigenvalue weighted by Crippen LogP contribution is 2.34. The van der Waals surface area contributed by atoms with Gasteiger partial charge in [0.25, 0.3) is 5.56 Å². The molecule has 30 heavy (non-hydrogen) atoms. The Morgan fingerprint density at radius 1 is 1.13 bits per heavy atom. The lowest BCUT2D eigenvalue weighted by Crippen LogP contribution is -2.32. The third-order valence-electron chi connectivity index (χ3n) is 5.87. The number of aromatic amines is 1. The summed E-state index contributed by atoms with van der Waals surface area (Å²) in [5.41, 5.74) is 6.67. The summed E-state index contributed by atoms with van der Waals surface area (Å²) in [5, 5.41) is 19.4. The zero-order valence-electron chi connectivity index (χ0n) is 17.4. The Bertz CT molecular complexity index is 1070. The maximum atomic E-state index is 12.4. The lowest BCUT2D eigenvalue weighted by Gasteiger charge is -2.31. The molecule has 0 spiro atoms. The highest BCUT2D eigenvalue weighted by molar-refractivity contribution is 6.07. The van der Waals surface area contributed by atoms with E-state index in [-0.39, 0.29) is 11.4 Å². The molecule has 3 rings (SSSR count). The van der Waals surface area contributed by atoms with E-state index < -0.39 is 28.6 Å². The van der Waals surface area contributed by atoms with E-state index in [2.05, 4.69) is 16.8 Å². The second-order valence-electron chi connectivity index (χ2n) is 8.16. The predicted octanol–water partition coefficient (Wildman–Crippen LogP) is 2.87. The Morgan fingerprint density at radius 2 is 1.73 bits per heavy atom. The standard InChI is InChI=1S/C22H27N3O5/c1-11-4-6-25(7-5-11)10-14-8-12(2)9-15(13(14)3)16-17(21(27)28)19(23)24-20(26)18(16)22(29)30/h8-9,11H,4-7,10H2,1-3H3,(H,27,28)(H,29,30)(H3,23,24,26). The van der Waals surface area contributed by atoms with Crippen molar-refractivity contribution in [1.82, 2.24) is 9.88 Å². The minimum atomic E-state index is -1.50. The molecule has 0 unspecified atom stereocenters. The Kier molecular flexibility index (Phi) is 5.98. The number of likely N-dealkylation sites (tertiary alicyclic amines) is 1. The number of benzene rings is 1. The van der Waals surface area contributed by atoms with Crippen molar-refractivity contribution in [2.75, 3.05) is 18.8 Å². The molecule has 0 saturated carbocycles. The van der Waals surface area contributed by atoms with Crippen LogP contribution in [0.5, 0.6) is 0 Å². The lowest BCUT2D eigenvalue weighted by atomic mass is 9.88. The molecule has 0 aliphatic carbocycles. The van der Waals surface area contributed by atoms with Gasteiger partial charge in [-0.05, 0) is 62.4 Å². The number of aryl methyl sites for hydroxylation is 1. The van der Waals surface area contributed by atoms with Gasteiger partial charge in [0.15, 0.2) is 0 Å². The van der Waals surface area contributed by atoms with Crippen molar-refractivity contribution in [1.29, 1.82) is 0 Å². The Morgan fingerprint density at radius 3 is 2.30 bits per heavy atom. The molecule has 2 aromatic rings. The van der Waals surface area contributed by atoms with Crippen LogP contribution < -0.4 is 11.3 Å². The minimum Gasteiger partial charge on any atom is -0.478 e. The number of H-pyrrole nitrogens is 1. The number of nitrogens with zero attached hydrogens (tertiary/aromatic N) is 1. The average molecular weight is 413 g/mol. The number of carbonyl (C=O) groups is 2. The molecule has 1 aliphatic heterocycles. The SMILES string of the molecule is Cc1cc(CN2CCC(C)CC2)c(C)c(-c2c(C(=O)O)c(N)[nH]c(=O)c2C(=O)O)c1. The number of nitrogens with one attached hydrogen (secondary N) is 1. The average Bonchev–Trinajstić information content (AvgIpc) is 2.64. The van der Waals surface area contributed by atoms with E-state index in [9.17, 15) is 24.6 Å². The van der Waals surface area contributed by atoms with Gasteiger partial charge in [-0.25, -0.2) is 9.59 Å². The van der Waals surface area contributed by atoms with Gasteiger partial charge in [-0.15, -0.1) is 0 Å². The topological polar surface area (TPSA) is 137 Å². The number of anilines is 1. The van der Waals surface area contributed by atoms with Crippen molar-refractivity contribution in [3.63, 3.8) is 0 Å². The summed E-state index contributed by atoms with van der Waals surface area (Å²) in [6.45, 7) is 8.56. The molecular formula is C22H27N3O5. The minimum absolute atomic E-state index is 0.147. The number of nitrogen functional groups attached to an aromatic ring is 1. The lowest BCUT2D eigenvalue weighted by molar-refractivity contribution is 0.0695. The van der Waals surface area contributed by atoms with Crippen molar-refractivity contribution >= 4 is 17.8 Å². The maximum absolute atomic E-state index is 12.4. The summed E-state index contributed by atoms with van der Waals surface area (Å²) < 4.78 is 0. The molecule has 2 heterocycles. The molecule has 0 atom stereocenters. The van der Waals surface area contributed by atoms with Gasteiger partial charge < -0.3 is 20.9 Å². The van der Waals surface area contributed by atoms with Crippen molar-refractivity contribution in [2.45, 2.75) is 40.2 Å². The van der Waals surface area contributed by atoms with E-state index in [1.54, 1.807) is 6.07 Å². The molecule has 1 aliphatic rings. The van der Waals surface area contributed by atoms with Crippen LogP contribution in [0, 0.1) is 19.8 Å². The van der Waals surface area contributed by atoms with Crippen LogP contribution in [0.3, 0.4) is 0 Å². The molecular weight excluding hydrogens is 386 g/mol. The zero-order valence-corrected chi connectivity index (χ0v) is 17.4. The van der Waals surface area contributed by atoms with Gasteiger partial charge in [0, 0.05) is 12.1 Å². The molecule has 1 saturated heterocycles. The van der Waals surface area contributed by atoms with Gasteiger partial charge in [0.05, 0.1) is 0 Å². The normalized spacial score (nSPS) is 15.3. The van der Waals surface area contributed by atoms with Crippen molar-refractivity contribution in [2.24, 2.45) is 5.92 Å². The Balaban J connectivity index is 2.21. The van der Waals surface area contributed by atoms with Gasteiger partial charge in [-0.3, -0.25) is 9.69 Å². The Labute approximate surface area is 174 Å². The molecule has 1 aromatic carbocycles. The molecule has 0 bridgehead atoms. The fourth-order valence-corrected chi connectivity index (χ4v) is 4.13. The number of carboxylic acid groups (broad SMARTS) is 2. The van der Waals surface area contributed by atoms with Gasteiger partial charge in [0.1, 0.15) is 16.9 Å². The first-order valence-corrected chi connectivity index (χ1v) is 9.95. The highest BCUT2D eigenvalue weighted by atomic mass is 16.4. The summed E-state index contributed by atoms with van der Waals surface area (Å²) in [7, 11) is 0. The first kappa shape index (κ1) is 21.6. The van der Waals surface area contributed by atoms with Gasteiger partial charge in [-0.2, -0.15) is 0 Å². The molecule has 8 nitrogen and oxygen atoms in total. The number of rotatable bonds is 5. The van der Waals surface area contributed by atoms with Gasteiger partial charge >= 0.3 is 11.9 Å². The van der Waals surface area contributed by atoms with Crippen LogP contribution in [0.2, 0.25) is 0 Å². The van der Waals surface area contributed by atoms with Gasteiger partial charge in [0.2, 0.25) is 0 Å². The number of carboxylic acids is 2. The van der Waals surface area contributed by atoms with E-state index in [0.29, 0.717) is 18.0 Å². The smallest absolute Gasteiger partial charge is 0.342 e.